The van der Waals surface area contributed by atoms with E-state index >= 15 is 0 Å². The molecule has 0 saturated carbocycles. The van der Waals surface area contributed by atoms with Crippen molar-refractivity contribution < 1.29 is 14.3 Å². The van der Waals surface area contributed by atoms with Gasteiger partial charge in [0, 0.05) is 13.1 Å². The summed E-state index contributed by atoms with van der Waals surface area (Å²) in [5.41, 5.74) is 0. The standard InChI is InChI=1S/C11H22N2O3/c1-5-7-13(8-6-2)11(15)12-9(3)10(14)16-4/h9H,5-8H2,1-4H3,(H,12,15). The molecule has 0 saturated heterocycles. The van der Waals surface area contributed by atoms with E-state index in [-0.39, 0.29) is 6.03 Å². The molecule has 0 aliphatic heterocycles. The smallest absolute Gasteiger partial charge is 0.328 e. The second-order valence-corrected chi connectivity index (χ2v) is 3.68. The van der Waals surface area contributed by atoms with Gasteiger partial charge in [-0.3, -0.25) is 0 Å². The van der Waals surface area contributed by atoms with E-state index < -0.39 is 12.0 Å². The van der Waals surface area contributed by atoms with Crippen molar-refractivity contribution >= 4 is 12.0 Å². The molecule has 5 nitrogen and oxygen atoms in total. The van der Waals surface area contributed by atoms with Gasteiger partial charge in [-0.15, -0.1) is 0 Å². The molecule has 16 heavy (non-hydrogen) atoms. The number of hydrogen-bond acceptors (Lipinski definition) is 3. The van der Waals surface area contributed by atoms with Crippen molar-refractivity contribution in [3.8, 4) is 0 Å². The van der Waals surface area contributed by atoms with Crippen molar-refractivity contribution in [1.82, 2.24) is 10.2 Å². The Labute approximate surface area is 97.1 Å². The maximum Gasteiger partial charge on any atom is 0.328 e. The third kappa shape index (κ3) is 5.00. The molecule has 0 bridgehead atoms. The lowest BCUT2D eigenvalue weighted by atomic mass is 10.3. The van der Waals surface area contributed by atoms with E-state index in [9.17, 15) is 9.59 Å². The van der Waals surface area contributed by atoms with Crippen LogP contribution in [-0.4, -0.2) is 43.1 Å². The van der Waals surface area contributed by atoms with Gasteiger partial charge in [-0.05, 0) is 19.8 Å². The largest absolute Gasteiger partial charge is 0.467 e. The van der Waals surface area contributed by atoms with E-state index in [0.29, 0.717) is 13.1 Å². The van der Waals surface area contributed by atoms with Crippen molar-refractivity contribution in [2.24, 2.45) is 0 Å². The summed E-state index contributed by atoms with van der Waals surface area (Å²) in [6.45, 7) is 7.04. The number of carbonyl (C=O) groups is 2. The molecule has 0 radical (unpaired) electrons. The highest BCUT2D eigenvalue weighted by atomic mass is 16.5. The minimum atomic E-state index is -0.603. The van der Waals surface area contributed by atoms with Gasteiger partial charge in [0.2, 0.25) is 0 Å². The summed E-state index contributed by atoms with van der Waals surface area (Å²) in [5, 5.41) is 2.61. The van der Waals surface area contributed by atoms with Gasteiger partial charge in [0.1, 0.15) is 6.04 Å². The maximum absolute atomic E-state index is 11.8. The molecule has 1 atom stereocenters. The van der Waals surface area contributed by atoms with Crippen LogP contribution in [0.4, 0.5) is 4.79 Å². The summed E-state index contributed by atoms with van der Waals surface area (Å²) < 4.78 is 4.54. The molecule has 0 spiro atoms. The molecule has 2 amide bonds. The highest BCUT2D eigenvalue weighted by Gasteiger charge is 2.19. The number of nitrogens with zero attached hydrogens (tertiary/aromatic N) is 1. The number of hydrogen-bond donors (Lipinski definition) is 1. The Morgan fingerprint density at radius 3 is 2.12 bits per heavy atom. The summed E-state index contributed by atoms with van der Waals surface area (Å²) in [6, 6.07) is -0.810. The molecular weight excluding hydrogens is 208 g/mol. The Morgan fingerprint density at radius 2 is 1.75 bits per heavy atom. The van der Waals surface area contributed by atoms with Crippen LogP contribution in [0, 0.1) is 0 Å². The normalized spacial score (nSPS) is 11.8. The second kappa shape index (κ2) is 7.96. The van der Waals surface area contributed by atoms with Crippen LogP contribution in [0.5, 0.6) is 0 Å². The Kier molecular flexibility index (Phi) is 7.33. The summed E-state index contributed by atoms with van der Waals surface area (Å²) >= 11 is 0. The molecule has 0 fully saturated rings. The topological polar surface area (TPSA) is 58.6 Å². The van der Waals surface area contributed by atoms with Gasteiger partial charge in [0.15, 0.2) is 0 Å². The SMILES string of the molecule is CCCN(CCC)C(=O)NC(C)C(=O)OC. The number of esters is 1. The summed E-state index contributed by atoms with van der Waals surface area (Å²) in [7, 11) is 1.31. The van der Waals surface area contributed by atoms with Gasteiger partial charge in [-0.1, -0.05) is 13.8 Å². The fourth-order valence-corrected chi connectivity index (χ4v) is 1.37. The lowest BCUT2D eigenvalue weighted by Gasteiger charge is -2.23. The second-order valence-electron chi connectivity index (χ2n) is 3.68. The van der Waals surface area contributed by atoms with Crippen LogP contribution in [0.3, 0.4) is 0 Å². The van der Waals surface area contributed by atoms with Crippen LogP contribution in [0.1, 0.15) is 33.6 Å². The predicted molar refractivity (Wildman–Crippen MR) is 62.2 cm³/mol. The minimum absolute atomic E-state index is 0.207. The van der Waals surface area contributed by atoms with E-state index in [2.05, 4.69) is 10.1 Å². The Hall–Kier alpha value is -1.26. The van der Waals surface area contributed by atoms with Gasteiger partial charge < -0.3 is 15.0 Å². The van der Waals surface area contributed by atoms with Crippen molar-refractivity contribution in [1.29, 1.82) is 0 Å². The van der Waals surface area contributed by atoms with Gasteiger partial charge in [-0.25, -0.2) is 9.59 Å². The van der Waals surface area contributed by atoms with E-state index in [4.69, 9.17) is 0 Å². The predicted octanol–water partition coefficient (Wildman–Crippen LogP) is 1.38. The lowest BCUT2D eigenvalue weighted by Crippen LogP contribution is -2.47. The average Bonchev–Trinajstić information content (AvgIpc) is 2.27. The zero-order chi connectivity index (χ0) is 12.6. The monoisotopic (exact) mass is 230 g/mol. The number of nitrogens with one attached hydrogen (secondary N) is 1. The van der Waals surface area contributed by atoms with Crippen molar-refractivity contribution in [2.75, 3.05) is 20.2 Å². The zero-order valence-electron chi connectivity index (χ0n) is 10.6. The van der Waals surface area contributed by atoms with Crippen LogP contribution >= 0.6 is 0 Å². The van der Waals surface area contributed by atoms with Crippen molar-refractivity contribution in [2.45, 2.75) is 39.7 Å². The first-order valence-corrected chi connectivity index (χ1v) is 5.70. The van der Waals surface area contributed by atoms with Crippen LogP contribution in [0.2, 0.25) is 0 Å². The lowest BCUT2D eigenvalue weighted by molar-refractivity contribution is -0.142. The third-order valence-electron chi connectivity index (χ3n) is 2.17. The minimum Gasteiger partial charge on any atom is -0.467 e. The average molecular weight is 230 g/mol. The van der Waals surface area contributed by atoms with Gasteiger partial charge in [0.25, 0.3) is 0 Å². The fourth-order valence-electron chi connectivity index (χ4n) is 1.37. The van der Waals surface area contributed by atoms with Crippen LogP contribution < -0.4 is 5.32 Å². The number of rotatable bonds is 6. The molecule has 0 aromatic carbocycles. The van der Waals surface area contributed by atoms with Gasteiger partial charge in [-0.2, -0.15) is 0 Å². The van der Waals surface area contributed by atoms with Crippen LogP contribution in [-0.2, 0) is 9.53 Å². The molecule has 94 valence electrons. The van der Waals surface area contributed by atoms with Crippen molar-refractivity contribution in [3.63, 3.8) is 0 Å². The third-order valence-corrected chi connectivity index (χ3v) is 2.17. The Bertz CT molecular complexity index is 225. The summed E-state index contributed by atoms with van der Waals surface area (Å²) in [4.78, 5) is 24.6. The Balaban J connectivity index is 4.23. The quantitative estimate of drug-likeness (QED) is 0.701. The molecular formula is C11H22N2O3. The maximum atomic E-state index is 11.8. The summed E-state index contributed by atoms with van der Waals surface area (Å²) in [6.07, 6.45) is 1.81. The van der Waals surface area contributed by atoms with Crippen LogP contribution in [0.15, 0.2) is 0 Å². The molecule has 0 aliphatic carbocycles. The number of urea groups is 1. The van der Waals surface area contributed by atoms with Crippen LogP contribution in [0.25, 0.3) is 0 Å². The molecule has 1 unspecified atom stereocenters. The molecule has 1 N–H and O–H groups in total. The van der Waals surface area contributed by atoms with Crippen molar-refractivity contribution in [3.05, 3.63) is 0 Å². The van der Waals surface area contributed by atoms with E-state index in [1.165, 1.54) is 7.11 Å². The fraction of sp³-hybridized carbons (Fsp3) is 0.818. The first kappa shape index (κ1) is 14.7. The van der Waals surface area contributed by atoms with E-state index in [0.717, 1.165) is 12.8 Å². The molecule has 0 aromatic rings. The first-order valence-electron chi connectivity index (χ1n) is 5.70. The molecule has 0 rings (SSSR count). The molecule has 0 aliphatic rings. The zero-order valence-corrected chi connectivity index (χ0v) is 10.6. The number of ether oxygens (including phenoxy) is 1. The molecule has 5 heteroatoms. The number of carbonyl (C=O) groups excluding carboxylic acids is 2. The molecule has 0 heterocycles. The molecule has 0 aromatic heterocycles. The highest BCUT2D eigenvalue weighted by molar-refractivity contribution is 5.83. The van der Waals surface area contributed by atoms with E-state index in [1.54, 1.807) is 11.8 Å². The number of amides is 2. The number of methoxy groups -OCH3 is 1. The van der Waals surface area contributed by atoms with Gasteiger partial charge >= 0.3 is 12.0 Å². The highest BCUT2D eigenvalue weighted by Crippen LogP contribution is 1.97. The Morgan fingerprint density at radius 1 is 1.25 bits per heavy atom. The first-order chi connectivity index (χ1) is 7.56. The van der Waals surface area contributed by atoms with Gasteiger partial charge in [0.05, 0.1) is 7.11 Å². The van der Waals surface area contributed by atoms with E-state index in [1.807, 2.05) is 13.8 Å². The summed E-state index contributed by atoms with van der Waals surface area (Å²) in [5.74, 6) is -0.429.